The first-order valence-corrected chi connectivity index (χ1v) is 7.73. The molecule has 0 atom stereocenters. The Labute approximate surface area is 123 Å². The topological polar surface area (TPSA) is 41.1 Å². The second-order valence-corrected chi connectivity index (χ2v) is 7.11. The van der Waals surface area contributed by atoms with Crippen molar-refractivity contribution in [3.63, 3.8) is 0 Å². The fourth-order valence-electron chi connectivity index (χ4n) is 2.70. The summed E-state index contributed by atoms with van der Waals surface area (Å²) in [6.07, 6.45) is 6.43. The van der Waals surface area contributed by atoms with Crippen LogP contribution in [0, 0.1) is 11.3 Å². The van der Waals surface area contributed by atoms with Crippen LogP contribution >= 0.6 is 0 Å². The Morgan fingerprint density at radius 3 is 2.60 bits per heavy atom. The molecule has 4 nitrogen and oxygen atoms in total. The van der Waals surface area contributed by atoms with Gasteiger partial charge in [0.1, 0.15) is 0 Å². The van der Waals surface area contributed by atoms with Gasteiger partial charge in [0.05, 0.1) is 0 Å². The van der Waals surface area contributed by atoms with Gasteiger partial charge < -0.3 is 10.2 Å². The second-order valence-electron chi connectivity index (χ2n) is 7.11. The average Bonchev–Trinajstić information content (AvgIpc) is 2.38. The molecule has 2 rings (SSSR count). The van der Waals surface area contributed by atoms with Crippen molar-refractivity contribution in [2.75, 3.05) is 24.5 Å². The number of anilines is 1. The lowest BCUT2D eigenvalue weighted by Crippen LogP contribution is -2.41. The van der Waals surface area contributed by atoms with Crippen LogP contribution < -0.4 is 10.2 Å². The zero-order valence-corrected chi connectivity index (χ0v) is 13.3. The number of nitrogens with one attached hydrogen (secondary N) is 1. The van der Waals surface area contributed by atoms with Crippen LogP contribution in [0.1, 0.15) is 46.1 Å². The molecule has 2 heterocycles. The molecule has 0 unspecified atom stereocenters. The van der Waals surface area contributed by atoms with Crippen LogP contribution in [0.15, 0.2) is 12.4 Å². The van der Waals surface area contributed by atoms with Crippen LogP contribution in [-0.4, -0.2) is 29.6 Å². The van der Waals surface area contributed by atoms with E-state index in [-0.39, 0.29) is 0 Å². The molecular weight excluding hydrogens is 248 g/mol. The minimum Gasteiger partial charge on any atom is -0.340 e. The summed E-state index contributed by atoms with van der Waals surface area (Å²) in [6.45, 7) is 13.1. The third-order valence-corrected chi connectivity index (χ3v) is 3.76. The maximum Gasteiger partial charge on any atom is 0.225 e. The van der Waals surface area contributed by atoms with Gasteiger partial charge in [0.15, 0.2) is 0 Å². The van der Waals surface area contributed by atoms with Gasteiger partial charge in [0, 0.05) is 37.6 Å². The summed E-state index contributed by atoms with van der Waals surface area (Å²) in [5.74, 6) is 1.55. The van der Waals surface area contributed by atoms with E-state index in [1.165, 1.54) is 12.8 Å². The lowest BCUT2D eigenvalue weighted by Gasteiger charge is -2.38. The van der Waals surface area contributed by atoms with Gasteiger partial charge in [0.25, 0.3) is 0 Å². The molecule has 20 heavy (non-hydrogen) atoms. The highest BCUT2D eigenvalue weighted by Gasteiger charge is 2.27. The molecule has 0 bridgehead atoms. The summed E-state index contributed by atoms with van der Waals surface area (Å²) in [4.78, 5) is 11.4. The Kier molecular flexibility index (Phi) is 4.97. The third kappa shape index (κ3) is 4.44. The van der Waals surface area contributed by atoms with Gasteiger partial charge in [-0.05, 0) is 30.7 Å². The summed E-state index contributed by atoms with van der Waals surface area (Å²) >= 11 is 0. The highest BCUT2D eigenvalue weighted by Crippen LogP contribution is 2.29. The van der Waals surface area contributed by atoms with Crippen molar-refractivity contribution in [2.24, 2.45) is 11.3 Å². The Hall–Kier alpha value is -1.16. The first-order valence-electron chi connectivity index (χ1n) is 7.73. The van der Waals surface area contributed by atoms with Crippen LogP contribution in [0.25, 0.3) is 0 Å². The molecule has 1 fully saturated rings. The Balaban J connectivity index is 1.91. The highest BCUT2D eigenvalue weighted by atomic mass is 15.3. The molecule has 0 spiro atoms. The smallest absolute Gasteiger partial charge is 0.225 e. The van der Waals surface area contributed by atoms with E-state index in [0.717, 1.165) is 37.7 Å². The van der Waals surface area contributed by atoms with E-state index >= 15 is 0 Å². The maximum atomic E-state index is 4.54. The van der Waals surface area contributed by atoms with Crippen molar-refractivity contribution in [3.05, 3.63) is 18.0 Å². The van der Waals surface area contributed by atoms with Crippen LogP contribution in [0.2, 0.25) is 0 Å². The van der Waals surface area contributed by atoms with Crippen molar-refractivity contribution in [1.29, 1.82) is 0 Å². The molecule has 0 saturated carbocycles. The highest BCUT2D eigenvalue weighted by molar-refractivity contribution is 5.31. The van der Waals surface area contributed by atoms with E-state index in [1.54, 1.807) is 0 Å². The molecule has 1 saturated heterocycles. The number of hydrogen-bond acceptors (Lipinski definition) is 4. The number of nitrogens with zero attached hydrogens (tertiary/aromatic N) is 3. The predicted octanol–water partition coefficient (Wildman–Crippen LogP) is 2.85. The summed E-state index contributed by atoms with van der Waals surface area (Å²) in [6, 6.07) is 0. The van der Waals surface area contributed by atoms with Gasteiger partial charge in [0.2, 0.25) is 5.95 Å². The third-order valence-electron chi connectivity index (χ3n) is 3.76. The predicted molar refractivity (Wildman–Crippen MR) is 83.8 cm³/mol. The van der Waals surface area contributed by atoms with Crippen molar-refractivity contribution in [3.8, 4) is 0 Å². The first kappa shape index (κ1) is 15.2. The SMILES string of the molecule is CC(C)CNCc1cnc(N2CCCC(C)(C)C2)nc1. The molecule has 1 N–H and O–H groups in total. The van der Waals surface area contributed by atoms with E-state index in [4.69, 9.17) is 0 Å². The molecule has 4 heteroatoms. The van der Waals surface area contributed by atoms with Gasteiger partial charge in [-0.25, -0.2) is 9.97 Å². The minimum absolute atomic E-state index is 0.374. The van der Waals surface area contributed by atoms with E-state index < -0.39 is 0 Å². The van der Waals surface area contributed by atoms with Gasteiger partial charge in [-0.15, -0.1) is 0 Å². The standard InChI is InChI=1S/C16H28N4/c1-13(2)8-17-9-14-10-18-15(19-11-14)20-7-5-6-16(3,4)12-20/h10-11,13,17H,5-9,12H2,1-4H3. The molecule has 112 valence electrons. The normalized spacial score (nSPS) is 18.6. The van der Waals surface area contributed by atoms with Crippen LogP contribution in [0.3, 0.4) is 0 Å². The molecule has 0 aromatic carbocycles. The maximum absolute atomic E-state index is 4.54. The fourth-order valence-corrected chi connectivity index (χ4v) is 2.70. The monoisotopic (exact) mass is 276 g/mol. The first-order chi connectivity index (χ1) is 9.46. The molecular formula is C16H28N4. The van der Waals surface area contributed by atoms with E-state index in [9.17, 15) is 0 Å². The Morgan fingerprint density at radius 2 is 2.00 bits per heavy atom. The van der Waals surface area contributed by atoms with E-state index in [1.807, 2.05) is 12.4 Å². The number of rotatable bonds is 5. The number of piperidine rings is 1. The quantitative estimate of drug-likeness (QED) is 0.898. The molecule has 0 amide bonds. The van der Waals surface area contributed by atoms with Gasteiger partial charge >= 0.3 is 0 Å². The summed E-state index contributed by atoms with van der Waals surface area (Å²) in [5.41, 5.74) is 1.53. The molecule has 0 radical (unpaired) electrons. The Morgan fingerprint density at radius 1 is 1.30 bits per heavy atom. The van der Waals surface area contributed by atoms with Crippen molar-refractivity contribution in [2.45, 2.75) is 47.1 Å². The van der Waals surface area contributed by atoms with Gasteiger partial charge in [-0.3, -0.25) is 0 Å². The van der Waals surface area contributed by atoms with Crippen molar-refractivity contribution < 1.29 is 0 Å². The molecule has 0 aliphatic carbocycles. The fraction of sp³-hybridized carbons (Fsp3) is 0.750. The van der Waals surface area contributed by atoms with Gasteiger partial charge in [-0.2, -0.15) is 0 Å². The molecule has 1 aliphatic rings. The van der Waals surface area contributed by atoms with Crippen molar-refractivity contribution in [1.82, 2.24) is 15.3 Å². The summed E-state index contributed by atoms with van der Waals surface area (Å²) < 4.78 is 0. The summed E-state index contributed by atoms with van der Waals surface area (Å²) in [7, 11) is 0. The van der Waals surface area contributed by atoms with E-state index in [0.29, 0.717) is 11.3 Å². The average molecular weight is 276 g/mol. The lowest BCUT2D eigenvalue weighted by atomic mass is 9.84. The van der Waals surface area contributed by atoms with Crippen LogP contribution in [-0.2, 0) is 6.54 Å². The molecule has 1 aromatic heterocycles. The van der Waals surface area contributed by atoms with E-state index in [2.05, 4.69) is 47.9 Å². The van der Waals surface area contributed by atoms with Crippen molar-refractivity contribution >= 4 is 5.95 Å². The summed E-state index contributed by atoms with van der Waals surface area (Å²) in [5, 5.41) is 3.42. The van der Waals surface area contributed by atoms with Crippen LogP contribution in [0.5, 0.6) is 0 Å². The largest absolute Gasteiger partial charge is 0.340 e. The Bertz CT molecular complexity index is 411. The minimum atomic E-state index is 0.374. The lowest BCUT2D eigenvalue weighted by molar-refractivity contribution is 0.291. The molecule has 1 aliphatic heterocycles. The second kappa shape index (κ2) is 6.53. The number of aromatic nitrogens is 2. The zero-order chi connectivity index (χ0) is 14.6. The van der Waals surface area contributed by atoms with Gasteiger partial charge in [-0.1, -0.05) is 27.7 Å². The van der Waals surface area contributed by atoms with Crippen LogP contribution in [0.4, 0.5) is 5.95 Å². The number of hydrogen-bond donors (Lipinski definition) is 1. The zero-order valence-electron chi connectivity index (χ0n) is 13.3. The molecule has 1 aromatic rings.